The molecule has 2 aromatic rings. The molecule has 1 aliphatic rings. The number of anilines is 1. The van der Waals surface area contributed by atoms with E-state index in [4.69, 9.17) is 4.74 Å². The van der Waals surface area contributed by atoms with Crippen molar-refractivity contribution in [2.45, 2.75) is 18.9 Å². The van der Waals surface area contributed by atoms with Gasteiger partial charge in [-0.1, -0.05) is 0 Å². The predicted molar refractivity (Wildman–Crippen MR) is 92.1 cm³/mol. The van der Waals surface area contributed by atoms with Crippen LogP contribution in [0.4, 0.5) is 10.1 Å². The molecule has 3 rings (SSSR count). The van der Waals surface area contributed by atoms with Gasteiger partial charge in [0.15, 0.2) is 0 Å². The van der Waals surface area contributed by atoms with Crippen molar-refractivity contribution >= 4 is 17.5 Å². The van der Waals surface area contributed by atoms with Crippen LogP contribution in [0.5, 0.6) is 0 Å². The molecule has 5 nitrogen and oxygen atoms in total. The number of amides is 2. The molecule has 2 amide bonds. The molecule has 1 heterocycles. The van der Waals surface area contributed by atoms with E-state index in [1.807, 2.05) is 0 Å². The Morgan fingerprint density at radius 2 is 1.64 bits per heavy atom. The van der Waals surface area contributed by atoms with Gasteiger partial charge < -0.3 is 15.4 Å². The molecule has 1 saturated heterocycles. The van der Waals surface area contributed by atoms with Crippen molar-refractivity contribution in [2.24, 2.45) is 0 Å². The Balaban J connectivity index is 1.56. The minimum atomic E-state index is -0.364. The third-order valence-corrected chi connectivity index (χ3v) is 4.03. The molecular formula is C19H19FN2O3. The lowest BCUT2D eigenvalue weighted by atomic mass is 10.1. The zero-order chi connectivity index (χ0) is 17.6. The number of benzene rings is 2. The summed E-state index contributed by atoms with van der Waals surface area (Å²) in [5, 5.41) is 5.51. The van der Waals surface area contributed by atoms with E-state index in [0.29, 0.717) is 23.4 Å². The van der Waals surface area contributed by atoms with Crippen molar-refractivity contribution in [1.82, 2.24) is 5.32 Å². The molecule has 1 unspecified atom stereocenters. The number of nitrogens with one attached hydrogen (secondary N) is 2. The first-order chi connectivity index (χ1) is 12.1. The molecule has 0 aromatic heterocycles. The van der Waals surface area contributed by atoms with Crippen LogP contribution in [0.2, 0.25) is 0 Å². The van der Waals surface area contributed by atoms with Crippen molar-refractivity contribution in [1.29, 1.82) is 0 Å². The monoisotopic (exact) mass is 342 g/mol. The van der Waals surface area contributed by atoms with Crippen LogP contribution in [0.3, 0.4) is 0 Å². The highest BCUT2D eigenvalue weighted by Crippen LogP contribution is 2.13. The zero-order valence-electron chi connectivity index (χ0n) is 13.6. The molecule has 1 atom stereocenters. The summed E-state index contributed by atoms with van der Waals surface area (Å²) < 4.78 is 18.3. The normalized spacial score (nSPS) is 16.4. The van der Waals surface area contributed by atoms with Gasteiger partial charge in [-0.3, -0.25) is 9.59 Å². The fourth-order valence-electron chi connectivity index (χ4n) is 2.62. The van der Waals surface area contributed by atoms with E-state index in [-0.39, 0.29) is 23.7 Å². The fourth-order valence-corrected chi connectivity index (χ4v) is 2.62. The van der Waals surface area contributed by atoms with Crippen molar-refractivity contribution in [3.63, 3.8) is 0 Å². The largest absolute Gasteiger partial charge is 0.376 e. The number of halogens is 1. The van der Waals surface area contributed by atoms with E-state index in [9.17, 15) is 14.0 Å². The lowest BCUT2D eigenvalue weighted by Crippen LogP contribution is -2.31. The fraction of sp³-hybridized carbons (Fsp3) is 0.263. The first-order valence-corrected chi connectivity index (χ1v) is 8.18. The summed E-state index contributed by atoms with van der Waals surface area (Å²) >= 11 is 0. The van der Waals surface area contributed by atoms with Crippen LogP contribution in [-0.4, -0.2) is 31.1 Å². The first-order valence-electron chi connectivity index (χ1n) is 8.18. The molecule has 2 N–H and O–H groups in total. The molecule has 0 aliphatic carbocycles. The number of carbonyl (C=O) groups excluding carboxylic acids is 2. The van der Waals surface area contributed by atoms with Gasteiger partial charge in [-0.15, -0.1) is 0 Å². The van der Waals surface area contributed by atoms with E-state index >= 15 is 0 Å². The van der Waals surface area contributed by atoms with Crippen LogP contribution < -0.4 is 10.6 Å². The second kappa shape index (κ2) is 7.90. The first kappa shape index (κ1) is 17.1. The second-order valence-corrected chi connectivity index (χ2v) is 5.88. The minimum Gasteiger partial charge on any atom is -0.376 e. The summed E-state index contributed by atoms with van der Waals surface area (Å²) in [6, 6.07) is 11.9. The van der Waals surface area contributed by atoms with Crippen molar-refractivity contribution in [3.8, 4) is 0 Å². The van der Waals surface area contributed by atoms with Crippen LogP contribution >= 0.6 is 0 Å². The Morgan fingerprint density at radius 1 is 1.00 bits per heavy atom. The van der Waals surface area contributed by atoms with Crippen molar-refractivity contribution < 1.29 is 18.7 Å². The maximum Gasteiger partial charge on any atom is 0.255 e. The maximum absolute atomic E-state index is 12.9. The third kappa shape index (κ3) is 4.64. The van der Waals surface area contributed by atoms with Crippen LogP contribution in [0.15, 0.2) is 48.5 Å². The van der Waals surface area contributed by atoms with E-state index in [0.717, 1.165) is 19.4 Å². The molecule has 130 valence electrons. The van der Waals surface area contributed by atoms with Gasteiger partial charge >= 0.3 is 0 Å². The maximum atomic E-state index is 12.9. The van der Waals surface area contributed by atoms with Gasteiger partial charge in [0.25, 0.3) is 11.8 Å². The number of ether oxygens (including phenoxy) is 1. The summed E-state index contributed by atoms with van der Waals surface area (Å²) in [5.74, 6) is -0.879. The van der Waals surface area contributed by atoms with E-state index in [2.05, 4.69) is 10.6 Å². The number of hydrogen-bond acceptors (Lipinski definition) is 3. The molecule has 0 spiro atoms. The van der Waals surface area contributed by atoms with E-state index in [1.165, 1.54) is 24.3 Å². The van der Waals surface area contributed by atoms with Crippen LogP contribution in [0.25, 0.3) is 0 Å². The topological polar surface area (TPSA) is 67.4 Å². The highest BCUT2D eigenvalue weighted by atomic mass is 19.1. The standard InChI is InChI=1S/C19H19FN2O3/c20-15-7-9-16(10-8-15)22-19(24)14-5-3-13(4-6-14)18(23)21-12-17-2-1-11-25-17/h3-10,17H,1-2,11-12H2,(H,21,23)(H,22,24). The van der Waals surface area contributed by atoms with Crippen LogP contribution in [-0.2, 0) is 4.74 Å². The quantitative estimate of drug-likeness (QED) is 0.878. The van der Waals surface area contributed by atoms with Gasteiger partial charge in [-0.25, -0.2) is 4.39 Å². The minimum absolute atomic E-state index is 0.0877. The lowest BCUT2D eigenvalue weighted by Gasteiger charge is -2.11. The summed E-state index contributed by atoms with van der Waals surface area (Å²) in [6.07, 6.45) is 2.07. The van der Waals surface area contributed by atoms with Gasteiger partial charge in [0.1, 0.15) is 5.82 Å². The van der Waals surface area contributed by atoms with Gasteiger partial charge in [-0.2, -0.15) is 0 Å². The van der Waals surface area contributed by atoms with Gasteiger partial charge in [0, 0.05) is 30.0 Å². The molecule has 1 aliphatic heterocycles. The Bertz CT molecular complexity index is 738. The van der Waals surface area contributed by atoms with Gasteiger partial charge in [0.2, 0.25) is 0 Å². The molecule has 6 heteroatoms. The zero-order valence-corrected chi connectivity index (χ0v) is 13.6. The number of rotatable bonds is 5. The molecule has 2 aromatic carbocycles. The number of carbonyl (C=O) groups is 2. The summed E-state index contributed by atoms with van der Waals surface area (Å²) in [5.41, 5.74) is 1.40. The Kier molecular flexibility index (Phi) is 5.40. The second-order valence-electron chi connectivity index (χ2n) is 5.88. The predicted octanol–water partition coefficient (Wildman–Crippen LogP) is 2.99. The van der Waals surface area contributed by atoms with Crippen LogP contribution in [0.1, 0.15) is 33.6 Å². The molecule has 1 fully saturated rings. The Labute approximate surface area is 145 Å². The average Bonchev–Trinajstić information content (AvgIpc) is 3.15. The average molecular weight is 342 g/mol. The Hall–Kier alpha value is -2.73. The Morgan fingerprint density at radius 3 is 2.24 bits per heavy atom. The van der Waals surface area contributed by atoms with Crippen molar-refractivity contribution in [3.05, 3.63) is 65.5 Å². The molecule has 0 saturated carbocycles. The summed E-state index contributed by atoms with van der Waals surface area (Å²) in [6.45, 7) is 1.24. The smallest absolute Gasteiger partial charge is 0.255 e. The highest BCUT2D eigenvalue weighted by molar-refractivity contribution is 6.05. The van der Waals surface area contributed by atoms with Crippen molar-refractivity contribution in [2.75, 3.05) is 18.5 Å². The van der Waals surface area contributed by atoms with E-state index in [1.54, 1.807) is 24.3 Å². The lowest BCUT2D eigenvalue weighted by molar-refractivity contribution is 0.0857. The van der Waals surface area contributed by atoms with E-state index < -0.39 is 0 Å². The molecule has 0 radical (unpaired) electrons. The molecule has 25 heavy (non-hydrogen) atoms. The number of hydrogen-bond donors (Lipinski definition) is 2. The van der Waals surface area contributed by atoms with Gasteiger partial charge in [0.05, 0.1) is 6.10 Å². The van der Waals surface area contributed by atoms with Crippen LogP contribution in [0, 0.1) is 5.82 Å². The molecule has 0 bridgehead atoms. The summed E-state index contributed by atoms with van der Waals surface area (Å²) in [7, 11) is 0. The molecular weight excluding hydrogens is 323 g/mol. The van der Waals surface area contributed by atoms with Gasteiger partial charge in [-0.05, 0) is 61.4 Å². The highest BCUT2D eigenvalue weighted by Gasteiger charge is 2.17. The summed E-state index contributed by atoms with van der Waals surface area (Å²) in [4.78, 5) is 24.3. The SMILES string of the molecule is O=C(NCC1CCCO1)c1ccc(C(=O)Nc2ccc(F)cc2)cc1. The third-order valence-electron chi connectivity index (χ3n) is 4.03.